The molecule has 0 saturated heterocycles. The molecule has 4 nitrogen and oxygen atoms in total. The number of carboxylic acids is 1. The number of fused-ring (bicyclic) bond motifs is 3. The second-order valence-electron chi connectivity index (χ2n) is 8.93. The van der Waals surface area contributed by atoms with Crippen molar-refractivity contribution in [1.82, 2.24) is 0 Å². The number of hydrogen-bond acceptors (Lipinski definition) is 3. The van der Waals surface area contributed by atoms with E-state index in [1.807, 2.05) is 6.92 Å². The normalized spacial score (nSPS) is 44.7. The van der Waals surface area contributed by atoms with Crippen LogP contribution >= 0.6 is 0 Å². The van der Waals surface area contributed by atoms with Gasteiger partial charge >= 0.3 is 5.97 Å². The fourth-order valence-electron chi connectivity index (χ4n) is 6.63. The second kappa shape index (κ2) is 5.96. The van der Waals surface area contributed by atoms with E-state index in [1.165, 1.54) is 0 Å². The maximum absolute atomic E-state index is 12.7. The van der Waals surface area contributed by atoms with E-state index in [-0.39, 0.29) is 23.5 Å². The van der Waals surface area contributed by atoms with Gasteiger partial charge in [0.25, 0.3) is 0 Å². The van der Waals surface area contributed by atoms with Crippen LogP contribution in [0.3, 0.4) is 0 Å². The summed E-state index contributed by atoms with van der Waals surface area (Å²) in [6, 6.07) is 0. The van der Waals surface area contributed by atoms with E-state index in [2.05, 4.69) is 6.92 Å². The van der Waals surface area contributed by atoms with Gasteiger partial charge in [0.2, 0.25) is 0 Å². The standard InChI is InChI=1S/C20H30O4/c1-12(21)14-5-6-15-13-4-7-17(22)20(3,11-9-18(23)24)16(13)8-10-19(14,15)2/h13-16H,4-11H2,1-3H3,(H,23,24)/t13-,14+,15-,16-,19+,20+/m0/s1. The maximum Gasteiger partial charge on any atom is 0.303 e. The monoisotopic (exact) mass is 334 g/mol. The van der Waals surface area contributed by atoms with Gasteiger partial charge in [0, 0.05) is 24.2 Å². The predicted octanol–water partition coefficient (Wildman–Crippen LogP) is 3.87. The molecule has 4 heteroatoms. The van der Waals surface area contributed by atoms with Crippen LogP contribution in [0.4, 0.5) is 0 Å². The summed E-state index contributed by atoms with van der Waals surface area (Å²) in [5.41, 5.74) is -0.405. The molecule has 0 spiro atoms. The van der Waals surface area contributed by atoms with Crippen molar-refractivity contribution < 1.29 is 19.5 Å². The molecule has 6 atom stereocenters. The summed E-state index contributed by atoms with van der Waals surface area (Å²) in [4.78, 5) is 35.8. The Morgan fingerprint density at radius 2 is 1.83 bits per heavy atom. The third-order valence-electron chi connectivity index (χ3n) is 7.95. The Morgan fingerprint density at radius 3 is 2.46 bits per heavy atom. The maximum atomic E-state index is 12.7. The van der Waals surface area contributed by atoms with E-state index in [0.717, 1.165) is 32.1 Å². The molecule has 134 valence electrons. The Kier molecular flexibility index (Phi) is 4.38. The Balaban J connectivity index is 1.87. The lowest BCUT2D eigenvalue weighted by molar-refractivity contribution is -0.149. The molecule has 1 N–H and O–H groups in total. The Labute approximate surface area is 144 Å². The van der Waals surface area contributed by atoms with Crippen LogP contribution in [0.2, 0.25) is 0 Å². The molecular formula is C20H30O4. The first kappa shape index (κ1) is 17.6. The van der Waals surface area contributed by atoms with E-state index in [9.17, 15) is 14.4 Å². The molecule has 0 heterocycles. The van der Waals surface area contributed by atoms with E-state index < -0.39 is 11.4 Å². The molecule has 0 radical (unpaired) electrons. The van der Waals surface area contributed by atoms with Crippen LogP contribution in [-0.2, 0) is 14.4 Å². The summed E-state index contributed by atoms with van der Waals surface area (Å²) >= 11 is 0. The highest BCUT2D eigenvalue weighted by molar-refractivity contribution is 5.86. The second-order valence-corrected chi connectivity index (χ2v) is 8.93. The van der Waals surface area contributed by atoms with Crippen molar-refractivity contribution in [3.63, 3.8) is 0 Å². The summed E-state index contributed by atoms with van der Waals surface area (Å²) in [6.45, 7) is 6.03. The van der Waals surface area contributed by atoms with Crippen LogP contribution in [0.5, 0.6) is 0 Å². The molecule has 3 saturated carbocycles. The summed E-state index contributed by atoms with van der Waals surface area (Å²) in [7, 11) is 0. The Hall–Kier alpha value is -1.19. The van der Waals surface area contributed by atoms with Gasteiger partial charge in [-0.25, -0.2) is 0 Å². The highest BCUT2D eigenvalue weighted by Crippen LogP contribution is 2.64. The number of rotatable bonds is 4. The highest BCUT2D eigenvalue weighted by Gasteiger charge is 2.60. The number of carboxylic acid groups (broad SMARTS) is 1. The van der Waals surface area contributed by atoms with Crippen molar-refractivity contribution in [2.24, 2.45) is 34.5 Å². The fourth-order valence-corrected chi connectivity index (χ4v) is 6.63. The van der Waals surface area contributed by atoms with E-state index >= 15 is 0 Å². The average Bonchev–Trinajstić information content (AvgIpc) is 2.86. The van der Waals surface area contributed by atoms with E-state index in [4.69, 9.17) is 5.11 Å². The molecule has 0 aromatic heterocycles. The first-order chi connectivity index (χ1) is 11.2. The van der Waals surface area contributed by atoms with Crippen molar-refractivity contribution in [1.29, 1.82) is 0 Å². The lowest BCUT2D eigenvalue weighted by Gasteiger charge is -2.55. The van der Waals surface area contributed by atoms with Crippen LogP contribution in [0.1, 0.15) is 72.1 Å². The largest absolute Gasteiger partial charge is 0.481 e. The summed E-state index contributed by atoms with van der Waals surface area (Å²) < 4.78 is 0. The van der Waals surface area contributed by atoms with Gasteiger partial charge in [0.1, 0.15) is 11.6 Å². The van der Waals surface area contributed by atoms with Gasteiger partial charge in [0.15, 0.2) is 0 Å². The van der Waals surface area contributed by atoms with Crippen molar-refractivity contribution in [2.45, 2.75) is 72.1 Å². The molecule has 0 aliphatic heterocycles. The highest BCUT2D eigenvalue weighted by atomic mass is 16.4. The first-order valence-electron chi connectivity index (χ1n) is 9.45. The predicted molar refractivity (Wildman–Crippen MR) is 90.4 cm³/mol. The number of hydrogen-bond donors (Lipinski definition) is 1. The molecule has 3 aliphatic rings. The molecule has 24 heavy (non-hydrogen) atoms. The summed E-state index contributed by atoms with van der Waals surface area (Å²) in [5, 5.41) is 9.08. The number of aliphatic carboxylic acids is 1. The Bertz CT molecular complexity index is 568. The summed E-state index contributed by atoms with van der Waals surface area (Å²) in [6.07, 6.45) is 6.07. The minimum Gasteiger partial charge on any atom is -0.481 e. The molecule has 0 aromatic rings. The zero-order valence-electron chi connectivity index (χ0n) is 15.1. The van der Waals surface area contributed by atoms with Gasteiger partial charge in [-0.2, -0.15) is 0 Å². The van der Waals surface area contributed by atoms with Gasteiger partial charge in [-0.05, 0) is 68.6 Å². The van der Waals surface area contributed by atoms with Crippen molar-refractivity contribution in [3.8, 4) is 0 Å². The van der Waals surface area contributed by atoms with Crippen LogP contribution in [0, 0.1) is 34.5 Å². The quantitative estimate of drug-likeness (QED) is 0.847. The van der Waals surface area contributed by atoms with Gasteiger partial charge in [-0.15, -0.1) is 0 Å². The number of Topliss-reactive ketones (excluding diaryl/α,β-unsaturated/α-hetero) is 2. The first-order valence-corrected chi connectivity index (χ1v) is 9.45. The molecule has 0 aromatic carbocycles. The minimum atomic E-state index is -0.815. The van der Waals surface area contributed by atoms with Crippen molar-refractivity contribution >= 4 is 17.5 Å². The zero-order chi connectivity index (χ0) is 17.7. The van der Waals surface area contributed by atoms with Crippen LogP contribution < -0.4 is 0 Å². The molecular weight excluding hydrogens is 304 g/mol. The van der Waals surface area contributed by atoms with Gasteiger partial charge in [0.05, 0.1) is 0 Å². The third-order valence-corrected chi connectivity index (χ3v) is 7.95. The molecule has 3 fully saturated rings. The third kappa shape index (κ3) is 2.53. The number of ketones is 2. The number of carbonyl (C=O) groups is 3. The van der Waals surface area contributed by atoms with Gasteiger partial charge in [-0.3, -0.25) is 14.4 Å². The van der Waals surface area contributed by atoms with Gasteiger partial charge in [-0.1, -0.05) is 13.8 Å². The average molecular weight is 334 g/mol. The van der Waals surface area contributed by atoms with Crippen LogP contribution in [0.15, 0.2) is 0 Å². The van der Waals surface area contributed by atoms with E-state index in [0.29, 0.717) is 36.4 Å². The lowest BCUT2D eigenvalue weighted by Crippen LogP contribution is -2.52. The molecule has 3 rings (SSSR count). The minimum absolute atomic E-state index is 0.0729. The fraction of sp³-hybridized carbons (Fsp3) is 0.850. The van der Waals surface area contributed by atoms with Crippen molar-refractivity contribution in [3.05, 3.63) is 0 Å². The van der Waals surface area contributed by atoms with Crippen LogP contribution in [-0.4, -0.2) is 22.6 Å². The summed E-state index contributed by atoms with van der Waals surface area (Å²) in [5.74, 6) is 1.22. The SMILES string of the molecule is CC(=O)[C@H]1CC[C@H]2[C@@H]3CCC(=O)[C@](C)(CCC(=O)O)[C@H]3CC[C@]12C. The molecule has 0 unspecified atom stereocenters. The smallest absolute Gasteiger partial charge is 0.303 e. The zero-order valence-corrected chi connectivity index (χ0v) is 15.1. The Morgan fingerprint density at radius 1 is 1.12 bits per heavy atom. The lowest BCUT2D eigenvalue weighted by atomic mass is 9.48. The number of carbonyl (C=O) groups excluding carboxylic acids is 2. The molecule has 3 aliphatic carbocycles. The molecule has 0 bridgehead atoms. The van der Waals surface area contributed by atoms with Crippen LogP contribution in [0.25, 0.3) is 0 Å². The van der Waals surface area contributed by atoms with Gasteiger partial charge < -0.3 is 5.11 Å². The van der Waals surface area contributed by atoms with Crippen molar-refractivity contribution in [2.75, 3.05) is 0 Å². The molecule has 0 amide bonds. The topological polar surface area (TPSA) is 71.4 Å². The van der Waals surface area contributed by atoms with E-state index in [1.54, 1.807) is 6.92 Å².